The highest BCUT2D eigenvalue weighted by Crippen LogP contribution is 2.39. The number of rotatable bonds is 5. The zero-order valence-electron chi connectivity index (χ0n) is 12.5. The lowest BCUT2D eigenvalue weighted by Crippen LogP contribution is -2.28. The molecule has 1 aromatic rings. The van der Waals surface area contributed by atoms with Gasteiger partial charge >= 0.3 is 0 Å². The Hall–Kier alpha value is -1.09. The first-order chi connectivity index (χ1) is 9.10. The summed E-state index contributed by atoms with van der Waals surface area (Å²) >= 11 is 0. The predicted octanol–water partition coefficient (Wildman–Crippen LogP) is 2.99. The van der Waals surface area contributed by atoms with E-state index in [9.17, 15) is 0 Å². The Labute approximate surface area is 117 Å². The second kappa shape index (κ2) is 5.91. The molecule has 0 spiro atoms. The summed E-state index contributed by atoms with van der Waals surface area (Å²) in [4.78, 5) is 7.08. The van der Waals surface area contributed by atoms with Crippen molar-refractivity contribution in [1.29, 1.82) is 0 Å². The van der Waals surface area contributed by atoms with Gasteiger partial charge < -0.3 is 10.6 Å². The Morgan fingerprint density at radius 3 is 2.74 bits per heavy atom. The van der Waals surface area contributed by atoms with E-state index in [1.165, 1.54) is 24.8 Å². The first kappa shape index (κ1) is 14.3. The SMILES string of the molecule is CCC1(CC)CCN(c2ncccc2CC(C)N)C1. The summed E-state index contributed by atoms with van der Waals surface area (Å²) in [5.41, 5.74) is 7.73. The second-order valence-corrected chi connectivity index (χ2v) is 6.05. The second-order valence-electron chi connectivity index (χ2n) is 6.05. The number of hydrogen-bond acceptors (Lipinski definition) is 3. The van der Waals surface area contributed by atoms with Crippen molar-refractivity contribution in [2.45, 2.75) is 52.5 Å². The minimum absolute atomic E-state index is 0.188. The number of pyridine rings is 1. The highest BCUT2D eigenvalue weighted by atomic mass is 15.2. The van der Waals surface area contributed by atoms with Crippen LogP contribution in [0.1, 0.15) is 45.6 Å². The van der Waals surface area contributed by atoms with E-state index in [-0.39, 0.29) is 6.04 Å². The molecule has 1 fully saturated rings. The van der Waals surface area contributed by atoms with E-state index in [2.05, 4.69) is 36.7 Å². The van der Waals surface area contributed by atoms with Crippen LogP contribution >= 0.6 is 0 Å². The molecule has 1 aromatic heterocycles. The van der Waals surface area contributed by atoms with E-state index in [0.29, 0.717) is 5.41 Å². The van der Waals surface area contributed by atoms with E-state index in [4.69, 9.17) is 5.73 Å². The van der Waals surface area contributed by atoms with Gasteiger partial charge in [-0.25, -0.2) is 4.98 Å². The van der Waals surface area contributed by atoms with Gasteiger partial charge in [-0.2, -0.15) is 0 Å². The summed E-state index contributed by atoms with van der Waals surface area (Å²) in [7, 11) is 0. The number of anilines is 1. The van der Waals surface area contributed by atoms with Crippen molar-refractivity contribution in [2.24, 2.45) is 11.1 Å². The van der Waals surface area contributed by atoms with E-state index < -0.39 is 0 Å². The predicted molar refractivity (Wildman–Crippen MR) is 81.4 cm³/mol. The quantitative estimate of drug-likeness (QED) is 0.886. The molecule has 1 aliphatic rings. The van der Waals surface area contributed by atoms with Crippen LogP contribution in [0.25, 0.3) is 0 Å². The van der Waals surface area contributed by atoms with Crippen molar-refractivity contribution in [3.05, 3.63) is 23.9 Å². The number of hydrogen-bond donors (Lipinski definition) is 1. The molecule has 19 heavy (non-hydrogen) atoms. The molecule has 2 rings (SSSR count). The molecule has 1 unspecified atom stereocenters. The number of nitrogens with zero attached hydrogens (tertiary/aromatic N) is 2. The molecule has 0 aromatic carbocycles. The molecule has 3 heteroatoms. The van der Waals surface area contributed by atoms with Gasteiger partial charge in [0.2, 0.25) is 0 Å². The molecule has 0 radical (unpaired) electrons. The van der Waals surface area contributed by atoms with Gasteiger partial charge in [0.15, 0.2) is 0 Å². The van der Waals surface area contributed by atoms with Crippen LogP contribution in [0.2, 0.25) is 0 Å². The van der Waals surface area contributed by atoms with Crippen LogP contribution in [0.15, 0.2) is 18.3 Å². The first-order valence-electron chi connectivity index (χ1n) is 7.54. The number of nitrogens with two attached hydrogens (primary N) is 1. The summed E-state index contributed by atoms with van der Waals surface area (Å²) in [5.74, 6) is 1.16. The van der Waals surface area contributed by atoms with E-state index in [1.807, 2.05) is 12.3 Å². The van der Waals surface area contributed by atoms with Crippen LogP contribution in [-0.2, 0) is 6.42 Å². The zero-order valence-corrected chi connectivity index (χ0v) is 12.5. The Balaban J connectivity index is 2.19. The van der Waals surface area contributed by atoms with Crippen LogP contribution in [0.5, 0.6) is 0 Å². The smallest absolute Gasteiger partial charge is 0.131 e. The summed E-state index contributed by atoms with van der Waals surface area (Å²) in [6.45, 7) is 8.96. The van der Waals surface area contributed by atoms with Gasteiger partial charge in [0, 0.05) is 25.3 Å². The van der Waals surface area contributed by atoms with Crippen molar-refractivity contribution < 1.29 is 0 Å². The van der Waals surface area contributed by atoms with Crippen molar-refractivity contribution >= 4 is 5.82 Å². The minimum Gasteiger partial charge on any atom is -0.356 e. The third kappa shape index (κ3) is 3.08. The van der Waals surface area contributed by atoms with Gasteiger partial charge in [0.25, 0.3) is 0 Å². The number of aromatic nitrogens is 1. The molecule has 0 bridgehead atoms. The van der Waals surface area contributed by atoms with Gasteiger partial charge in [-0.1, -0.05) is 19.9 Å². The standard InChI is InChI=1S/C16H27N3/c1-4-16(5-2)8-10-19(12-16)15-14(11-13(3)17)7-6-9-18-15/h6-7,9,13H,4-5,8,10-12,17H2,1-3H3. The van der Waals surface area contributed by atoms with Crippen molar-refractivity contribution in [2.75, 3.05) is 18.0 Å². The Morgan fingerprint density at radius 1 is 1.42 bits per heavy atom. The molecule has 1 aliphatic heterocycles. The average molecular weight is 261 g/mol. The molecule has 2 heterocycles. The maximum absolute atomic E-state index is 5.95. The topological polar surface area (TPSA) is 42.2 Å². The lowest BCUT2D eigenvalue weighted by Gasteiger charge is -2.27. The van der Waals surface area contributed by atoms with Crippen LogP contribution in [-0.4, -0.2) is 24.1 Å². The third-order valence-corrected chi connectivity index (χ3v) is 4.65. The molecule has 3 nitrogen and oxygen atoms in total. The van der Waals surface area contributed by atoms with Crippen LogP contribution in [0, 0.1) is 5.41 Å². The van der Waals surface area contributed by atoms with Crippen molar-refractivity contribution in [3.63, 3.8) is 0 Å². The Bertz CT molecular complexity index is 410. The molecule has 0 aliphatic carbocycles. The molecule has 2 N–H and O–H groups in total. The average Bonchev–Trinajstić information content (AvgIpc) is 2.84. The fourth-order valence-electron chi connectivity index (χ4n) is 3.16. The van der Waals surface area contributed by atoms with Gasteiger partial charge in [-0.3, -0.25) is 0 Å². The Kier molecular flexibility index (Phi) is 4.46. The summed E-state index contributed by atoms with van der Waals surface area (Å²) in [5, 5.41) is 0. The molecule has 1 atom stereocenters. The summed E-state index contributed by atoms with van der Waals surface area (Å²) in [6, 6.07) is 4.38. The molecular weight excluding hydrogens is 234 g/mol. The molecular formula is C16H27N3. The molecule has 106 valence electrons. The van der Waals surface area contributed by atoms with E-state index in [0.717, 1.165) is 25.3 Å². The highest BCUT2D eigenvalue weighted by molar-refractivity contribution is 5.48. The summed E-state index contributed by atoms with van der Waals surface area (Å²) < 4.78 is 0. The summed E-state index contributed by atoms with van der Waals surface area (Å²) in [6.07, 6.45) is 6.61. The molecule has 1 saturated heterocycles. The van der Waals surface area contributed by atoms with Gasteiger partial charge in [0.1, 0.15) is 5.82 Å². The van der Waals surface area contributed by atoms with Crippen LogP contribution in [0.3, 0.4) is 0 Å². The Morgan fingerprint density at radius 2 is 2.16 bits per heavy atom. The largest absolute Gasteiger partial charge is 0.356 e. The maximum Gasteiger partial charge on any atom is 0.131 e. The van der Waals surface area contributed by atoms with E-state index in [1.54, 1.807) is 0 Å². The van der Waals surface area contributed by atoms with Gasteiger partial charge in [0.05, 0.1) is 0 Å². The van der Waals surface area contributed by atoms with Gasteiger partial charge in [-0.15, -0.1) is 0 Å². The van der Waals surface area contributed by atoms with Crippen molar-refractivity contribution in [3.8, 4) is 0 Å². The first-order valence-corrected chi connectivity index (χ1v) is 7.54. The minimum atomic E-state index is 0.188. The van der Waals surface area contributed by atoms with E-state index >= 15 is 0 Å². The van der Waals surface area contributed by atoms with Crippen LogP contribution < -0.4 is 10.6 Å². The van der Waals surface area contributed by atoms with Crippen LogP contribution in [0.4, 0.5) is 5.82 Å². The lowest BCUT2D eigenvalue weighted by molar-refractivity contribution is 0.301. The molecule has 0 amide bonds. The van der Waals surface area contributed by atoms with Crippen molar-refractivity contribution in [1.82, 2.24) is 4.98 Å². The maximum atomic E-state index is 5.95. The normalized spacial score (nSPS) is 19.7. The highest BCUT2D eigenvalue weighted by Gasteiger charge is 2.35. The third-order valence-electron chi connectivity index (χ3n) is 4.65. The monoisotopic (exact) mass is 261 g/mol. The fraction of sp³-hybridized carbons (Fsp3) is 0.688. The van der Waals surface area contributed by atoms with Gasteiger partial charge in [-0.05, 0) is 49.7 Å². The zero-order chi connectivity index (χ0) is 13.9. The lowest BCUT2D eigenvalue weighted by atomic mass is 9.82. The molecule has 0 saturated carbocycles. The fourth-order valence-corrected chi connectivity index (χ4v) is 3.16.